The Bertz CT molecular complexity index is 1410. The fourth-order valence-corrected chi connectivity index (χ4v) is 6.49. The molecule has 0 radical (unpaired) electrons. The Balaban J connectivity index is 1.94. The van der Waals surface area contributed by atoms with Gasteiger partial charge in [0.2, 0.25) is 10.0 Å². The number of aromatic nitrogens is 1. The molecular weight excluding hydrogens is 520 g/mol. The number of nitro benzene ring substituents is 1. The van der Waals surface area contributed by atoms with E-state index in [1.165, 1.54) is 36.7 Å². The van der Waals surface area contributed by atoms with Crippen molar-refractivity contribution in [3.8, 4) is 11.5 Å². The molecule has 200 valence electrons. The topological polar surface area (TPSA) is 141 Å². The van der Waals surface area contributed by atoms with Crippen molar-refractivity contribution in [3.05, 3.63) is 46.0 Å². The summed E-state index contributed by atoms with van der Waals surface area (Å²) in [5.74, 6) is -0.181. The Kier molecular flexibility index (Phi) is 8.72. The fourth-order valence-electron chi connectivity index (χ4n) is 3.72. The highest BCUT2D eigenvalue weighted by Gasteiger charge is 2.28. The molecule has 0 spiro atoms. The van der Waals surface area contributed by atoms with Gasteiger partial charge in [-0.05, 0) is 30.0 Å². The van der Waals surface area contributed by atoms with E-state index in [9.17, 15) is 23.3 Å². The highest BCUT2D eigenvalue weighted by molar-refractivity contribution is 7.89. The second-order valence-corrected chi connectivity index (χ2v) is 12.2. The van der Waals surface area contributed by atoms with Gasteiger partial charge in [-0.2, -0.15) is 4.31 Å². The number of nitrogens with zero attached hydrogens (tertiary/aromatic N) is 3. The highest BCUT2D eigenvalue weighted by Crippen LogP contribution is 2.36. The third-order valence-electron chi connectivity index (χ3n) is 5.30. The average Bonchev–Trinajstić information content (AvgIpc) is 3.23. The summed E-state index contributed by atoms with van der Waals surface area (Å²) in [6.07, 6.45) is 0. The molecule has 0 saturated carbocycles. The van der Waals surface area contributed by atoms with Crippen LogP contribution in [0.4, 0.5) is 10.8 Å². The summed E-state index contributed by atoms with van der Waals surface area (Å²) in [5.41, 5.74) is -0.205. The van der Waals surface area contributed by atoms with E-state index in [4.69, 9.17) is 9.47 Å². The van der Waals surface area contributed by atoms with E-state index in [-0.39, 0.29) is 38.9 Å². The van der Waals surface area contributed by atoms with Gasteiger partial charge in [0.25, 0.3) is 11.6 Å². The minimum absolute atomic E-state index is 0.114. The van der Waals surface area contributed by atoms with Crippen LogP contribution in [-0.2, 0) is 10.0 Å². The lowest BCUT2D eigenvalue weighted by atomic mass is 10.1. The number of fused-ring (bicyclic) bond motifs is 1. The summed E-state index contributed by atoms with van der Waals surface area (Å²) in [6, 6.07) is 6.95. The second-order valence-electron chi connectivity index (χ2n) is 9.19. The van der Waals surface area contributed by atoms with Crippen LogP contribution in [0.25, 0.3) is 10.2 Å². The average molecular weight is 551 g/mol. The lowest BCUT2D eigenvalue weighted by molar-refractivity contribution is -0.385. The van der Waals surface area contributed by atoms with Crippen LogP contribution in [0.3, 0.4) is 0 Å². The van der Waals surface area contributed by atoms with Crippen LogP contribution in [0.2, 0.25) is 0 Å². The molecule has 1 amide bonds. The normalized spacial score (nSPS) is 11.9. The van der Waals surface area contributed by atoms with Crippen LogP contribution < -0.4 is 14.8 Å². The van der Waals surface area contributed by atoms with Crippen molar-refractivity contribution < 1.29 is 27.6 Å². The minimum atomic E-state index is -3.74. The smallest absolute Gasteiger partial charge is 0.286 e. The maximum absolute atomic E-state index is 13.4. The lowest BCUT2D eigenvalue weighted by Crippen LogP contribution is -2.37. The van der Waals surface area contributed by atoms with E-state index in [0.29, 0.717) is 23.3 Å². The zero-order valence-electron chi connectivity index (χ0n) is 21.5. The maximum atomic E-state index is 13.4. The van der Waals surface area contributed by atoms with Crippen LogP contribution in [0.15, 0.2) is 35.2 Å². The summed E-state index contributed by atoms with van der Waals surface area (Å²) in [5, 5.41) is 14.3. The Morgan fingerprint density at radius 2 is 1.68 bits per heavy atom. The Hall–Kier alpha value is -3.29. The second kappa shape index (κ2) is 11.4. The number of methoxy groups -OCH3 is 2. The van der Waals surface area contributed by atoms with Gasteiger partial charge in [-0.15, -0.1) is 0 Å². The first-order chi connectivity index (χ1) is 17.4. The fraction of sp³-hybridized carbons (Fsp3) is 0.417. The first kappa shape index (κ1) is 28.3. The number of carbonyl (C=O) groups is 1. The quantitative estimate of drug-likeness (QED) is 0.266. The van der Waals surface area contributed by atoms with E-state index < -0.39 is 26.5 Å². The summed E-state index contributed by atoms with van der Waals surface area (Å²) >= 11 is 1.07. The van der Waals surface area contributed by atoms with Crippen molar-refractivity contribution in [1.29, 1.82) is 0 Å². The van der Waals surface area contributed by atoms with Crippen LogP contribution in [-0.4, -0.2) is 55.8 Å². The summed E-state index contributed by atoms with van der Waals surface area (Å²) in [7, 11) is -1.05. The van der Waals surface area contributed by atoms with Crippen LogP contribution in [0, 0.1) is 22.0 Å². The van der Waals surface area contributed by atoms with Crippen LogP contribution in [0.5, 0.6) is 11.5 Å². The number of ether oxygens (including phenoxy) is 2. The van der Waals surface area contributed by atoms with E-state index in [1.807, 2.05) is 27.7 Å². The van der Waals surface area contributed by atoms with Crippen molar-refractivity contribution in [2.24, 2.45) is 11.8 Å². The van der Waals surface area contributed by atoms with Gasteiger partial charge < -0.3 is 9.47 Å². The molecule has 0 saturated heterocycles. The number of thiazole rings is 1. The van der Waals surface area contributed by atoms with Crippen molar-refractivity contribution in [3.63, 3.8) is 0 Å². The van der Waals surface area contributed by atoms with Gasteiger partial charge in [0.05, 0.1) is 40.3 Å². The molecule has 1 N–H and O–H groups in total. The largest absolute Gasteiger partial charge is 0.493 e. The van der Waals surface area contributed by atoms with Crippen molar-refractivity contribution in [2.75, 3.05) is 32.6 Å². The van der Waals surface area contributed by atoms with E-state index in [2.05, 4.69) is 10.3 Å². The van der Waals surface area contributed by atoms with Crippen LogP contribution in [0.1, 0.15) is 38.1 Å². The zero-order chi connectivity index (χ0) is 27.5. The number of amides is 1. The molecule has 2 aromatic carbocycles. The maximum Gasteiger partial charge on any atom is 0.286 e. The number of benzene rings is 2. The number of rotatable bonds is 11. The molecule has 0 aliphatic carbocycles. The van der Waals surface area contributed by atoms with Gasteiger partial charge in [0.15, 0.2) is 16.6 Å². The third kappa shape index (κ3) is 6.35. The number of sulfonamides is 1. The van der Waals surface area contributed by atoms with Crippen LogP contribution >= 0.6 is 11.3 Å². The number of carbonyl (C=O) groups excluding carboxylic acids is 1. The molecule has 37 heavy (non-hydrogen) atoms. The zero-order valence-corrected chi connectivity index (χ0v) is 23.1. The number of hydrogen-bond acceptors (Lipinski definition) is 9. The van der Waals surface area contributed by atoms with Gasteiger partial charge in [-0.1, -0.05) is 39.0 Å². The van der Waals surface area contributed by atoms with Crippen molar-refractivity contribution >= 4 is 48.3 Å². The molecule has 3 rings (SSSR count). The number of nitrogens with one attached hydrogen (secondary N) is 1. The van der Waals surface area contributed by atoms with Crippen molar-refractivity contribution in [1.82, 2.24) is 9.29 Å². The SMILES string of the molecule is COc1cc(C(=O)Nc2nc3ccc(S(=O)(=O)N(CC(C)C)CC(C)C)cc3s2)c([N+](=O)[O-])cc1OC. The predicted molar refractivity (Wildman–Crippen MR) is 142 cm³/mol. The molecule has 0 aliphatic rings. The number of nitro groups is 1. The monoisotopic (exact) mass is 550 g/mol. The third-order valence-corrected chi connectivity index (χ3v) is 8.06. The van der Waals surface area contributed by atoms with E-state index in [0.717, 1.165) is 17.4 Å². The minimum Gasteiger partial charge on any atom is -0.493 e. The molecule has 11 nitrogen and oxygen atoms in total. The molecular formula is C24H30N4O7S2. The number of anilines is 1. The van der Waals surface area contributed by atoms with E-state index >= 15 is 0 Å². The van der Waals surface area contributed by atoms with Crippen molar-refractivity contribution in [2.45, 2.75) is 32.6 Å². The first-order valence-corrected chi connectivity index (χ1v) is 13.8. The van der Waals surface area contributed by atoms with Gasteiger partial charge >= 0.3 is 0 Å². The molecule has 0 bridgehead atoms. The molecule has 0 unspecified atom stereocenters. The molecule has 13 heteroatoms. The predicted octanol–water partition coefficient (Wildman–Crippen LogP) is 4.78. The highest BCUT2D eigenvalue weighted by atomic mass is 32.2. The van der Waals surface area contributed by atoms with E-state index in [1.54, 1.807) is 6.07 Å². The Morgan fingerprint density at radius 3 is 2.22 bits per heavy atom. The molecule has 1 heterocycles. The standard InChI is InChI=1S/C24H30N4O7S2/c1-14(2)12-27(13-15(3)4)37(32,33)16-7-8-18-22(9-16)36-24(25-18)26-23(29)17-10-20(34-5)21(35-6)11-19(17)28(30)31/h7-11,14-15H,12-13H2,1-6H3,(H,25,26,29). The van der Waals surface area contributed by atoms with Gasteiger partial charge in [-0.25, -0.2) is 13.4 Å². The van der Waals surface area contributed by atoms with Gasteiger partial charge in [-0.3, -0.25) is 20.2 Å². The lowest BCUT2D eigenvalue weighted by Gasteiger charge is -2.25. The van der Waals surface area contributed by atoms with Gasteiger partial charge in [0, 0.05) is 19.2 Å². The molecule has 3 aromatic rings. The summed E-state index contributed by atoms with van der Waals surface area (Å²) in [6.45, 7) is 8.65. The number of hydrogen-bond donors (Lipinski definition) is 1. The molecule has 1 aromatic heterocycles. The van der Waals surface area contributed by atoms with Gasteiger partial charge in [0.1, 0.15) is 5.56 Å². The molecule has 0 atom stereocenters. The molecule has 0 fully saturated rings. The first-order valence-electron chi connectivity index (χ1n) is 11.5. The summed E-state index contributed by atoms with van der Waals surface area (Å²) in [4.78, 5) is 28.3. The Morgan fingerprint density at radius 1 is 1.08 bits per heavy atom. The summed E-state index contributed by atoms with van der Waals surface area (Å²) < 4.78 is 39.1. The Labute approximate surface area is 219 Å². The molecule has 0 aliphatic heterocycles.